The highest BCUT2D eigenvalue weighted by atomic mass is 79.9. The predicted octanol–water partition coefficient (Wildman–Crippen LogP) is 2.17. The van der Waals surface area contributed by atoms with Crippen LogP contribution in [-0.4, -0.2) is 19.7 Å². The van der Waals surface area contributed by atoms with Crippen molar-refractivity contribution in [3.05, 3.63) is 22.4 Å². The summed E-state index contributed by atoms with van der Waals surface area (Å²) in [4.78, 5) is 8.74. The molecule has 2 N–H and O–H groups in total. The van der Waals surface area contributed by atoms with Crippen LogP contribution in [0.15, 0.2) is 16.7 Å². The Labute approximate surface area is 108 Å². The zero-order valence-corrected chi connectivity index (χ0v) is 11.4. The summed E-state index contributed by atoms with van der Waals surface area (Å²) >= 11 is 3.42. The van der Waals surface area contributed by atoms with E-state index in [4.69, 9.17) is 5.73 Å². The standard InChI is InChI=1S/C11H14BrN5/c1-3-4-7-9(12)10(13)15-11(14-7)8-5-6-17(2)16-8/h5-6H,3-4H2,1-2H3,(H2,13,14,15). The summed E-state index contributed by atoms with van der Waals surface area (Å²) in [5, 5.41) is 4.27. The quantitative estimate of drug-likeness (QED) is 0.942. The van der Waals surface area contributed by atoms with Gasteiger partial charge in [0.2, 0.25) is 0 Å². The van der Waals surface area contributed by atoms with Crippen LogP contribution >= 0.6 is 15.9 Å². The lowest BCUT2D eigenvalue weighted by molar-refractivity contribution is 0.767. The molecular weight excluding hydrogens is 282 g/mol. The Balaban J connectivity index is 2.48. The molecule has 0 aliphatic heterocycles. The van der Waals surface area contributed by atoms with Gasteiger partial charge in [0.25, 0.3) is 0 Å². The molecular formula is C11H14BrN5. The summed E-state index contributed by atoms with van der Waals surface area (Å²) in [6, 6.07) is 1.87. The maximum atomic E-state index is 5.86. The third-order valence-electron chi connectivity index (χ3n) is 2.37. The number of nitrogen functional groups attached to an aromatic ring is 1. The molecule has 0 saturated carbocycles. The minimum absolute atomic E-state index is 0.462. The van der Waals surface area contributed by atoms with Gasteiger partial charge in [-0.1, -0.05) is 13.3 Å². The number of nitrogens with zero attached hydrogens (tertiary/aromatic N) is 4. The average Bonchev–Trinajstić information content (AvgIpc) is 2.71. The molecule has 0 amide bonds. The molecule has 2 aromatic rings. The molecule has 0 saturated heterocycles. The summed E-state index contributed by atoms with van der Waals surface area (Å²) in [5.41, 5.74) is 7.53. The van der Waals surface area contributed by atoms with Crippen LogP contribution in [0.5, 0.6) is 0 Å². The Bertz CT molecular complexity index is 535. The van der Waals surface area contributed by atoms with Crippen molar-refractivity contribution >= 4 is 21.7 Å². The third kappa shape index (κ3) is 2.46. The maximum Gasteiger partial charge on any atom is 0.182 e. The molecule has 2 rings (SSSR count). The van der Waals surface area contributed by atoms with Crippen LogP contribution in [0, 0.1) is 0 Å². The number of nitrogens with two attached hydrogens (primary N) is 1. The molecule has 0 atom stereocenters. The molecule has 2 aromatic heterocycles. The molecule has 0 aliphatic carbocycles. The molecule has 0 aliphatic rings. The minimum atomic E-state index is 0.462. The molecule has 5 nitrogen and oxygen atoms in total. The first-order chi connectivity index (χ1) is 8.11. The average molecular weight is 296 g/mol. The Kier molecular flexibility index (Phi) is 3.42. The van der Waals surface area contributed by atoms with Crippen molar-refractivity contribution in [3.63, 3.8) is 0 Å². The summed E-state index contributed by atoms with van der Waals surface area (Å²) in [5.74, 6) is 1.04. The number of rotatable bonds is 3. The van der Waals surface area contributed by atoms with Gasteiger partial charge >= 0.3 is 0 Å². The van der Waals surface area contributed by atoms with Crippen LogP contribution in [0.3, 0.4) is 0 Å². The molecule has 0 spiro atoms. The van der Waals surface area contributed by atoms with E-state index < -0.39 is 0 Å². The van der Waals surface area contributed by atoms with Gasteiger partial charge in [0.1, 0.15) is 11.5 Å². The number of hydrogen-bond donors (Lipinski definition) is 1. The van der Waals surface area contributed by atoms with Gasteiger partial charge in [-0.3, -0.25) is 4.68 Å². The second kappa shape index (κ2) is 4.83. The number of anilines is 1. The van der Waals surface area contributed by atoms with Gasteiger partial charge < -0.3 is 5.73 Å². The molecule has 0 aromatic carbocycles. The summed E-state index contributed by atoms with van der Waals surface area (Å²) in [7, 11) is 1.86. The van der Waals surface area contributed by atoms with Crippen LogP contribution in [0.2, 0.25) is 0 Å². The zero-order chi connectivity index (χ0) is 12.4. The smallest absolute Gasteiger partial charge is 0.182 e. The maximum absolute atomic E-state index is 5.86. The van der Waals surface area contributed by atoms with Crippen LogP contribution in [0.4, 0.5) is 5.82 Å². The van der Waals surface area contributed by atoms with E-state index in [0.717, 1.165) is 28.7 Å². The van der Waals surface area contributed by atoms with Crippen molar-refractivity contribution in [2.45, 2.75) is 19.8 Å². The van der Waals surface area contributed by atoms with E-state index in [9.17, 15) is 0 Å². The normalized spacial score (nSPS) is 10.8. The largest absolute Gasteiger partial charge is 0.383 e. The first kappa shape index (κ1) is 12.0. The summed E-state index contributed by atoms with van der Waals surface area (Å²) < 4.78 is 2.51. The minimum Gasteiger partial charge on any atom is -0.383 e. The molecule has 0 unspecified atom stereocenters. The number of aromatic nitrogens is 4. The van der Waals surface area contributed by atoms with E-state index in [1.165, 1.54) is 0 Å². The zero-order valence-electron chi connectivity index (χ0n) is 9.81. The SMILES string of the molecule is CCCc1nc(-c2ccn(C)n2)nc(N)c1Br. The number of halogens is 1. The van der Waals surface area contributed by atoms with Gasteiger partial charge in [0.05, 0.1) is 10.2 Å². The topological polar surface area (TPSA) is 69.6 Å². The first-order valence-corrected chi connectivity index (χ1v) is 6.23. The number of hydrogen-bond acceptors (Lipinski definition) is 4. The van der Waals surface area contributed by atoms with Crippen molar-refractivity contribution < 1.29 is 0 Å². The van der Waals surface area contributed by atoms with Crippen molar-refractivity contribution in [2.75, 3.05) is 5.73 Å². The lowest BCUT2D eigenvalue weighted by Crippen LogP contribution is -2.03. The van der Waals surface area contributed by atoms with Gasteiger partial charge in [0.15, 0.2) is 5.82 Å². The van der Waals surface area contributed by atoms with Crippen LogP contribution in [0.25, 0.3) is 11.5 Å². The lowest BCUT2D eigenvalue weighted by Gasteiger charge is -2.06. The molecule has 6 heteroatoms. The van der Waals surface area contributed by atoms with E-state index in [0.29, 0.717) is 11.6 Å². The molecule has 0 bridgehead atoms. The first-order valence-electron chi connectivity index (χ1n) is 5.43. The predicted molar refractivity (Wildman–Crippen MR) is 70.3 cm³/mol. The highest BCUT2D eigenvalue weighted by molar-refractivity contribution is 9.10. The van der Waals surface area contributed by atoms with Crippen molar-refractivity contribution in [3.8, 4) is 11.5 Å². The molecule has 2 heterocycles. The van der Waals surface area contributed by atoms with Gasteiger partial charge in [-0.2, -0.15) is 5.10 Å². The lowest BCUT2D eigenvalue weighted by atomic mass is 10.2. The second-order valence-electron chi connectivity index (χ2n) is 3.82. The molecule has 17 heavy (non-hydrogen) atoms. The summed E-state index contributed by atoms with van der Waals surface area (Å²) in [6.45, 7) is 2.10. The highest BCUT2D eigenvalue weighted by Crippen LogP contribution is 2.25. The van der Waals surface area contributed by atoms with E-state index in [2.05, 4.69) is 37.9 Å². The van der Waals surface area contributed by atoms with E-state index in [1.54, 1.807) is 4.68 Å². The van der Waals surface area contributed by atoms with Crippen LogP contribution in [0.1, 0.15) is 19.0 Å². The Morgan fingerprint density at radius 1 is 1.41 bits per heavy atom. The fourth-order valence-corrected chi connectivity index (χ4v) is 1.94. The molecule has 0 fully saturated rings. The Morgan fingerprint density at radius 2 is 2.18 bits per heavy atom. The van der Waals surface area contributed by atoms with Crippen molar-refractivity contribution in [1.82, 2.24) is 19.7 Å². The third-order valence-corrected chi connectivity index (χ3v) is 3.24. The van der Waals surface area contributed by atoms with Crippen molar-refractivity contribution in [2.24, 2.45) is 7.05 Å². The van der Waals surface area contributed by atoms with Crippen molar-refractivity contribution in [1.29, 1.82) is 0 Å². The Hall–Kier alpha value is -1.43. The second-order valence-corrected chi connectivity index (χ2v) is 4.61. The fourth-order valence-electron chi connectivity index (χ4n) is 1.56. The van der Waals surface area contributed by atoms with Gasteiger partial charge in [-0.15, -0.1) is 0 Å². The fraction of sp³-hybridized carbons (Fsp3) is 0.364. The summed E-state index contributed by atoms with van der Waals surface area (Å²) in [6.07, 6.45) is 3.74. The molecule has 90 valence electrons. The van der Waals surface area contributed by atoms with Crippen LogP contribution < -0.4 is 5.73 Å². The van der Waals surface area contributed by atoms with Crippen LogP contribution in [-0.2, 0) is 13.5 Å². The highest BCUT2D eigenvalue weighted by Gasteiger charge is 2.12. The monoisotopic (exact) mass is 295 g/mol. The van der Waals surface area contributed by atoms with Gasteiger partial charge in [-0.25, -0.2) is 9.97 Å². The van der Waals surface area contributed by atoms with Gasteiger partial charge in [-0.05, 0) is 28.4 Å². The van der Waals surface area contributed by atoms with Gasteiger partial charge in [0, 0.05) is 13.2 Å². The Morgan fingerprint density at radius 3 is 2.76 bits per heavy atom. The number of aryl methyl sites for hydroxylation is 2. The van der Waals surface area contributed by atoms with E-state index in [1.807, 2.05) is 19.3 Å². The van der Waals surface area contributed by atoms with E-state index in [-0.39, 0.29) is 0 Å². The molecule has 0 radical (unpaired) electrons. The van der Waals surface area contributed by atoms with E-state index >= 15 is 0 Å².